The molecule has 0 aliphatic heterocycles. The van der Waals surface area contributed by atoms with Crippen molar-refractivity contribution in [1.29, 1.82) is 0 Å². The van der Waals surface area contributed by atoms with Crippen molar-refractivity contribution in [3.8, 4) is 5.75 Å². The fourth-order valence-corrected chi connectivity index (χ4v) is 3.40. The molecule has 7 nitrogen and oxygen atoms in total. The second kappa shape index (κ2) is 13.4. The first-order valence-corrected chi connectivity index (χ1v) is 10.2. The van der Waals surface area contributed by atoms with Crippen molar-refractivity contribution >= 4 is 47.2 Å². The van der Waals surface area contributed by atoms with Gasteiger partial charge in [-0.2, -0.15) is 0 Å². The molecule has 9 heteroatoms. The number of carbonyl (C=O) groups excluding carboxylic acids is 1. The summed E-state index contributed by atoms with van der Waals surface area (Å²) in [5.41, 5.74) is 1.68. The molecule has 0 radical (unpaired) electrons. The molecule has 1 amide bonds. The van der Waals surface area contributed by atoms with Crippen molar-refractivity contribution in [3.05, 3.63) is 45.4 Å². The quantitative estimate of drug-likeness (QED) is 0.201. The lowest BCUT2D eigenvalue weighted by Crippen LogP contribution is -2.41. The van der Waals surface area contributed by atoms with E-state index in [9.17, 15) is 4.79 Å². The Kier molecular flexibility index (Phi) is 11.6. The van der Waals surface area contributed by atoms with E-state index in [2.05, 4.69) is 32.9 Å². The topological polar surface area (TPSA) is 87.6 Å². The Morgan fingerprint density at radius 2 is 1.97 bits per heavy atom. The van der Waals surface area contributed by atoms with Gasteiger partial charge in [0, 0.05) is 43.0 Å². The summed E-state index contributed by atoms with van der Waals surface area (Å²) in [5, 5.41) is 10.5. The van der Waals surface area contributed by atoms with Gasteiger partial charge in [-0.15, -0.1) is 35.3 Å². The number of nitrogens with one attached hydrogen (secondary N) is 3. The van der Waals surface area contributed by atoms with Gasteiger partial charge < -0.3 is 20.7 Å². The Balaban J connectivity index is 0.00000420. The molecule has 0 saturated carbocycles. The van der Waals surface area contributed by atoms with Crippen LogP contribution in [0.5, 0.6) is 5.75 Å². The Morgan fingerprint density at radius 3 is 2.62 bits per heavy atom. The number of rotatable bonds is 9. The molecule has 0 unspecified atom stereocenters. The summed E-state index contributed by atoms with van der Waals surface area (Å²) in [6.45, 7) is 8.66. The van der Waals surface area contributed by atoms with Gasteiger partial charge in [-0.1, -0.05) is 6.07 Å². The number of thiazole rings is 1. The van der Waals surface area contributed by atoms with E-state index >= 15 is 0 Å². The van der Waals surface area contributed by atoms with E-state index in [1.807, 2.05) is 19.9 Å². The van der Waals surface area contributed by atoms with Gasteiger partial charge in [0.25, 0.3) is 5.91 Å². The van der Waals surface area contributed by atoms with Gasteiger partial charge >= 0.3 is 0 Å². The molecule has 1 aromatic heterocycles. The highest BCUT2D eigenvalue weighted by Crippen LogP contribution is 2.16. The number of halogens is 1. The number of methoxy groups -OCH3 is 1. The number of benzene rings is 1. The van der Waals surface area contributed by atoms with E-state index in [4.69, 9.17) is 4.74 Å². The lowest BCUT2D eigenvalue weighted by atomic mass is 10.2. The third-order valence-corrected chi connectivity index (χ3v) is 5.18. The predicted molar refractivity (Wildman–Crippen MR) is 130 cm³/mol. The molecular weight excluding hydrogens is 501 g/mol. The van der Waals surface area contributed by atoms with Crippen LogP contribution in [0.4, 0.5) is 0 Å². The number of hydrogen-bond donors (Lipinski definition) is 3. The first kappa shape index (κ1) is 25.2. The standard InChI is InChI=1S/C20H29N5O2S.HI/c1-5-21-20(23-10-9-18-25-14(2)15(3)28-18)24-12-11-22-19(26)16-7-6-8-17(13-16)27-4;/h6-8,13H,5,9-12H2,1-4H3,(H,22,26)(H2,21,23,24);1H. The van der Waals surface area contributed by atoms with Gasteiger partial charge in [0.15, 0.2) is 5.96 Å². The maximum Gasteiger partial charge on any atom is 0.251 e. The fraction of sp³-hybridized carbons (Fsp3) is 0.450. The Labute approximate surface area is 193 Å². The molecule has 0 aliphatic carbocycles. The number of ether oxygens (including phenoxy) is 1. The normalized spacial score (nSPS) is 10.8. The molecule has 0 fully saturated rings. The first-order chi connectivity index (χ1) is 13.5. The fourth-order valence-electron chi connectivity index (χ4n) is 2.47. The van der Waals surface area contributed by atoms with Crippen LogP contribution in [0.15, 0.2) is 29.3 Å². The number of amides is 1. The molecule has 0 spiro atoms. The molecule has 0 aliphatic rings. The van der Waals surface area contributed by atoms with Gasteiger partial charge in [-0.05, 0) is 39.0 Å². The molecule has 2 aromatic rings. The summed E-state index contributed by atoms with van der Waals surface area (Å²) >= 11 is 1.73. The van der Waals surface area contributed by atoms with Crippen LogP contribution in [0, 0.1) is 13.8 Å². The van der Waals surface area contributed by atoms with Gasteiger partial charge in [-0.25, -0.2) is 4.98 Å². The van der Waals surface area contributed by atoms with Crippen LogP contribution in [0.1, 0.15) is 32.9 Å². The maximum absolute atomic E-state index is 12.2. The molecule has 3 N–H and O–H groups in total. The largest absolute Gasteiger partial charge is 0.497 e. The molecule has 0 saturated heterocycles. The summed E-state index contributed by atoms with van der Waals surface area (Å²) in [5.74, 6) is 1.28. The van der Waals surface area contributed by atoms with Gasteiger partial charge in [0.1, 0.15) is 5.75 Å². The zero-order valence-electron chi connectivity index (χ0n) is 17.4. The van der Waals surface area contributed by atoms with Crippen molar-refractivity contribution in [2.45, 2.75) is 27.2 Å². The zero-order valence-corrected chi connectivity index (χ0v) is 20.5. The number of hydrogen-bond acceptors (Lipinski definition) is 5. The van der Waals surface area contributed by atoms with E-state index in [0.29, 0.717) is 30.9 Å². The van der Waals surface area contributed by atoms with Crippen molar-refractivity contribution in [1.82, 2.24) is 20.9 Å². The van der Waals surface area contributed by atoms with Crippen LogP contribution < -0.4 is 20.7 Å². The second-order valence-electron chi connectivity index (χ2n) is 6.17. The van der Waals surface area contributed by atoms with Crippen molar-refractivity contribution in [2.75, 3.05) is 33.3 Å². The van der Waals surface area contributed by atoms with Crippen molar-refractivity contribution in [2.24, 2.45) is 4.99 Å². The van der Waals surface area contributed by atoms with E-state index in [-0.39, 0.29) is 29.9 Å². The summed E-state index contributed by atoms with van der Waals surface area (Å²) in [7, 11) is 1.58. The Hall–Kier alpha value is -1.88. The molecule has 0 bridgehead atoms. The Morgan fingerprint density at radius 1 is 1.21 bits per heavy atom. The average Bonchev–Trinajstić information content (AvgIpc) is 3.02. The van der Waals surface area contributed by atoms with Crippen LogP contribution in [0.25, 0.3) is 0 Å². The molecule has 160 valence electrons. The summed E-state index contributed by atoms with van der Waals surface area (Å²) in [4.78, 5) is 22.6. The number of aromatic nitrogens is 1. The lowest BCUT2D eigenvalue weighted by Gasteiger charge is -2.12. The first-order valence-electron chi connectivity index (χ1n) is 9.40. The molecule has 29 heavy (non-hydrogen) atoms. The molecular formula is C20H30IN5O2S. The maximum atomic E-state index is 12.2. The molecule has 0 atom stereocenters. The lowest BCUT2D eigenvalue weighted by molar-refractivity contribution is 0.0954. The minimum atomic E-state index is -0.128. The van der Waals surface area contributed by atoms with Crippen LogP contribution >= 0.6 is 35.3 Å². The van der Waals surface area contributed by atoms with Gasteiger partial charge in [-0.3, -0.25) is 9.79 Å². The second-order valence-corrected chi connectivity index (χ2v) is 7.46. The van der Waals surface area contributed by atoms with Gasteiger partial charge in [0.2, 0.25) is 0 Å². The van der Waals surface area contributed by atoms with Crippen molar-refractivity contribution < 1.29 is 9.53 Å². The van der Waals surface area contributed by atoms with Crippen LogP contribution in [0.2, 0.25) is 0 Å². The number of guanidine groups is 1. The number of carbonyl (C=O) groups is 1. The van der Waals surface area contributed by atoms with Crippen LogP contribution in [0.3, 0.4) is 0 Å². The summed E-state index contributed by atoms with van der Waals surface area (Å²) in [6, 6.07) is 7.09. The van der Waals surface area contributed by atoms with E-state index in [1.54, 1.807) is 36.6 Å². The van der Waals surface area contributed by atoms with E-state index in [1.165, 1.54) is 4.88 Å². The number of aryl methyl sites for hydroxylation is 2. The number of nitrogens with zero attached hydrogens (tertiary/aromatic N) is 2. The summed E-state index contributed by atoms with van der Waals surface area (Å²) in [6.07, 6.45) is 0.822. The molecule has 2 rings (SSSR count). The van der Waals surface area contributed by atoms with E-state index in [0.717, 1.165) is 29.6 Å². The minimum absolute atomic E-state index is 0. The average molecular weight is 531 g/mol. The summed E-state index contributed by atoms with van der Waals surface area (Å²) < 4.78 is 5.15. The Bertz CT molecular complexity index is 790. The highest BCUT2D eigenvalue weighted by molar-refractivity contribution is 14.0. The monoisotopic (exact) mass is 531 g/mol. The van der Waals surface area contributed by atoms with E-state index < -0.39 is 0 Å². The van der Waals surface area contributed by atoms with Crippen LogP contribution in [-0.4, -0.2) is 50.1 Å². The third-order valence-electron chi connectivity index (χ3n) is 4.05. The smallest absolute Gasteiger partial charge is 0.251 e. The highest BCUT2D eigenvalue weighted by Gasteiger charge is 2.06. The van der Waals surface area contributed by atoms with Crippen molar-refractivity contribution in [3.63, 3.8) is 0 Å². The SMILES string of the molecule is CCNC(=NCCc1nc(C)c(C)s1)NCCNC(=O)c1cccc(OC)c1.I. The van der Waals surface area contributed by atoms with Crippen LogP contribution in [-0.2, 0) is 6.42 Å². The molecule has 1 aromatic carbocycles. The van der Waals surface area contributed by atoms with Gasteiger partial charge in [0.05, 0.1) is 17.8 Å². The zero-order chi connectivity index (χ0) is 20.4. The third kappa shape index (κ3) is 8.57. The predicted octanol–water partition coefficient (Wildman–Crippen LogP) is 2.91. The number of aliphatic imine (C=N–C) groups is 1. The highest BCUT2D eigenvalue weighted by atomic mass is 127. The minimum Gasteiger partial charge on any atom is -0.497 e. The molecule has 1 heterocycles.